The van der Waals surface area contributed by atoms with Crippen molar-refractivity contribution in [3.63, 3.8) is 0 Å². The largest absolute Gasteiger partial charge is 0.493 e. The molecule has 106 valence electrons. The molecule has 0 aliphatic rings. The van der Waals surface area contributed by atoms with Gasteiger partial charge in [-0.05, 0) is 18.6 Å². The lowest BCUT2D eigenvalue weighted by molar-refractivity contribution is 0.0683. The van der Waals surface area contributed by atoms with Crippen molar-refractivity contribution >= 4 is 5.97 Å². The maximum absolute atomic E-state index is 11.1. The average molecular weight is 268 g/mol. The van der Waals surface area contributed by atoms with E-state index in [9.17, 15) is 4.79 Å². The van der Waals surface area contributed by atoms with E-state index in [1.165, 1.54) is 13.2 Å². The van der Waals surface area contributed by atoms with Gasteiger partial charge in [0, 0.05) is 6.61 Å². The van der Waals surface area contributed by atoms with Crippen LogP contribution in [0.5, 0.6) is 11.5 Å². The van der Waals surface area contributed by atoms with Gasteiger partial charge in [0.2, 0.25) is 0 Å². The summed E-state index contributed by atoms with van der Waals surface area (Å²) in [5.74, 6) is -0.383. The van der Waals surface area contributed by atoms with E-state index in [0.717, 1.165) is 12.8 Å². The minimum atomic E-state index is -1.04. The zero-order chi connectivity index (χ0) is 14.1. The molecule has 1 aromatic carbocycles. The van der Waals surface area contributed by atoms with Crippen molar-refractivity contribution in [1.82, 2.24) is 0 Å². The average Bonchev–Trinajstić information content (AvgIpc) is 2.42. The number of unbranched alkanes of at least 4 members (excludes halogenated alkanes) is 1. The lowest BCUT2D eigenvalue weighted by Gasteiger charge is -2.13. The molecule has 1 N–H and O–H groups in total. The van der Waals surface area contributed by atoms with E-state index >= 15 is 0 Å². The number of aromatic carboxylic acids is 1. The lowest BCUT2D eigenvalue weighted by atomic mass is 10.2. The Morgan fingerprint density at radius 3 is 2.68 bits per heavy atom. The van der Waals surface area contributed by atoms with Crippen molar-refractivity contribution in [2.24, 2.45) is 0 Å². The molecule has 1 rings (SSSR count). The highest BCUT2D eigenvalue weighted by Crippen LogP contribution is 2.30. The van der Waals surface area contributed by atoms with Gasteiger partial charge in [0.1, 0.15) is 12.2 Å². The standard InChI is InChI=1S/C14H20O5/c1-3-4-8-18-9-10-19-13-11(14(15)16)6-5-7-12(13)17-2/h5-7H,3-4,8-10H2,1-2H3,(H,15,16). The quantitative estimate of drug-likeness (QED) is 0.697. The molecule has 0 spiro atoms. The SMILES string of the molecule is CCCCOCCOc1c(OC)cccc1C(=O)O. The van der Waals surface area contributed by atoms with Crippen LogP contribution in [0, 0.1) is 0 Å². The molecule has 0 atom stereocenters. The number of carboxylic acid groups (broad SMARTS) is 1. The van der Waals surface area contributed by atoms with Gasteiger partial charge in [-0.25, -0.2) is 4.79 Å². The summed E-state index contributed by atoms with van der Waals surface area (Å²) in [5, 5.41) is 9.09. The minimum absolute atomic E-state index is 0.0907. The number of ether oxygens (including phenoxy) is 3. The summed E-state index contributed by atoms with van der Waals surface area (Å²) in [5.41, 5.74) is 0.0907. The molecule has 0 fully saturated rings. The molecule has 5 nitrogen and oxygen atoms in total. The fraction of sp³-hybridized carbons (Fsp3) is 0.500. The fourth-order valence-corrected chi connectivity index (χ4v) is 1.54. The van der Waals surface area contributed by atoms with Gasteiger partial charge in [-0.3, -0.25) is 0 Å². The predicted octanol–water partition coefficient (Wildman–Crippen LogP) is 2.59. The van der Waals surface area contributed by atoms with Gasteiger partial charge >= 0.3 is 5.97 Å². The van der Waals surface area contributed by atoms with Crippen molar-refractivity contribution in [2.45, 2.75) is 19.8 Å². The molecule has 5 heteroatoms. The van der Waals surface area contributed by atoms with E-state index in [2.05, 4.69) is 6.92 Å². The van der Waals surface area contributed by atoms with Crippen LogP contribution in [0.3, 0.4) is 0 Å². The minimum Gasteiger partial charge on any atom is -0.493 e. The topological polar surface area (TPSA) is 65.0 Å². The van der Waals surface area contributed by atoms with Gasteiger partial charge in [0.25, 0.3) is 0 Å². The number of benzene rings is 1. The molecular weight excluding hydrogens is 248 g/mol. The van der Waals surface area contributed by atoms with Gasteiger partial charge < -0.3 is 19.3 Å². The number of carbonyl (C=O) groups is 1. The number of para-hydroxylation sites is 1. The van der Waals surface area contributed by atoms with Crippen LogP contribution >= 0.6 is 0 Å². The van der Waals surface area contributed by atoms with Gasteiger partial charge in [0.05, 0.1) is 13.7 Å². The first-order chi connectivity index (χ1) is 9.20. The zero-order valence-corrected chi connectivity index (χ0v) is 11.3. The number of methoxy groups -OCH3 is 1. The number of hydrogen-bond acceptors (Lipinski definition) is 4. The monoisotopic (exact) mass is 268 g/mol. The summed E-state index contributed by atoms with van der Waals surface area (Å²) < 4.78 is 15.9. The number of rotatable bonds is 9. The summed E-state index contributed by atoms with van der Waals surface area (Å²) >= 11 is 0. The second-order valence-electron chi connectivity index (χ2n) is 3.96. The fourth-order valence-electron chi connectivity index (χ4n) is 1.54. The van der Waals surface area contributed by atoms with E-state index in [-0.39, 0.29) is 11.3 Å². The summed E-state index contributed by atoms with van der Waals surface area (Å²) in [4.78, 5) is 11.1. The van der Waals surface area contributed by atoms with Gasteiger partial charge in [0.15, 0.2) is 11.5 Å². The summed E-state index contributed by atoms with van der Waals surface area (Å²) in [7, 11) is 1.48. The zero-order valence-electron chi connectivity index (χ0n) is 11.3. The van der Waals surface area contributed by atoms with Gasteiger partial charge in [-0.2, -0.15) is 0 Å². The molecule has 0 heterocycles. The highest BCUT2D eigenvalue weighted by atomic mass is 16.5. The lowest BCUT2D eigenvalue weighted by Crippen LogP contribution is -2.11. The highest BCUT2D eigenvalue weighted by Gasteiger charge is 2.15. The Kier molecular flexibility index (Phi) is 6.74. The third kappa shape index (κ3) is 4.79. The molecule has 0 bridgehead atoms. The van der Waals surface area contributed by atoms with Crippen LogP contribution in [-0.4, -0.2) is 38.0 Å². The van der Waals surface area contributed by atoms with Crippen LogP contribution < -0.4 is 9.47 Å². The molecule has 0 saturated heterocycles. The summed E-state index contributed by atoms with van der Waals surface area (Å²) in [6, 6.07) is 4.77. The van der Waals surface area contributed by atoms with Crippen molar-refractivity contribution in [2.75, 3.05) is 26.9 Å². The molecule has 0 amide bonds. The van der Waals surface area contributed by atoms with E-state index in [1.807, 2.05) is 0 Å². The van der Waals surface area contributed by atoms with E-state index in [0.29, 0.717) is 25.6 Å². The van der Waals surface area contributed by atoms with Crippen molar-refractivity contribution in [3.05, 3.63) is 23.8 Å². The smallest absolute Gasteiger partial charge is 0.339 e. The maximum atomic E-state index is 11.1. The van der Waals surface area contributed by atoms with Gasteiger partial charge in [-0.15, -0.1) is 0 Å². The Morgan fingerprint density at radius 1 is 1.26 bits per heavy atom. The summed E-state index contributed by atoms with van der Waals surface area (Å²) in [6.07, 6.45) is 2.09. The molecule has 0 saturated carbocycles. The normalized spacial score (nSPS) is 10.2. The van der Waals surface area contributed by atoms with Crippen LogP contribution in [0.15, 0.2) is 18.2 Å². The molecule has 0 radical (unpaired) electrons. The molecule has 0 aromatic heterocycles. The number of hydrogen-bond donors (Lipinski definition) is 1. The van der Waals surface area contributed by atoms with E-state index < -0.39 is 5.97 Å². The Balaban J connectivity index is 2.58. The Labute approximate surface area is 113 Å². The van der Waals surface area contributed by atoms with Crippen molar-refractivity contribution in [1.29, 1.82) is 0 Å². The predicted molar refractivity (Wildman–Crippen MR) is 71.2 cm³/mol. The Hall–Kier alpha value is -1.75. The van der Waals surface area contributed by atoms with Crippen LogP contribution in [-0.2, 0) is 4.74 Å². The first-order valence-corrected chi connectivity index (χ1v) is 6.31. The molecule has 0 unspecified atom stereocenters. The third-order valence-electron chi connectivity index (χ3n) is 2.55. The second kappa shape index (κ2) is 8.37. The Bertz CT molecular complexity index is 403. The van der Waals surface area contributed by atoms with Crippen molar-refractivity contribution < 1.29 is 24.1 Å². The molecule has 1 aromatic rings. The van der Waals surface area contributed by atoms with Crippen molar-refractivity contribution in [3.8, 4) is 11.5 Å². The van der Waals surface area contributed by atoms with E-state index in [4.69, 9.17) is 19.3 Å². The number of carboxylic acids is 1. The molecular formula is C14H20O5. The van der Waals surface area contributed by atoms with Gasteiger partial charge in [-0.1, -0.05) is 19.4 Å². The van der Waals surface area contributed by atoms with E-state index in [1.54, 1.807) is 12.1 Å². The maximum Gasteiger partial charge on any atom is 0.339 e. The Morgan fingerprint density at radius 2 is 2.05 bits per heavy atom. The molecule has 0 aliphatic carbocycles. The first-order valence-electron chi connectivity index (χ1n) is 6.31. The second-order valence-corrected chi connectivity index (χ2v) is 3.96. The summed E-state index contributed by atoms with van der Waals surface area (Å²) in [6.45, 7) is 3.51. The van der Waals surface area contributed by atoms with Crippen LogP contribution in [0.2, 0.25) is 0 Å². The van der Waals surface area contributed by atoms with Crippen LogP contribution in [0.25, 0.3) is 0 Å². The van der Waals surface area contributed by atoms with Crippen LogP contribution in [0.1, 0.15) is 30.1 Å². The third-order valence-corrected chi connectivity index (χ3v) is 2.55. The molecule has 0 aliphatic heterocycles. The molecule has 19 heavy (non-hydrogen) atoms. The highest BCUT2D eigenvalue weighted by molar-refractivity contribution is 5.92. The van der Waals surface area contributed by atoms with Crippen LogP contribution in [0.4, 0.5) is 0 Å². The first kappa shape index (κ1) is 15.3.